The van der Waals surface area contributed by atoms with Crippen molar-refractivity contribution in [3.63, 3.8) is 0 Å². The van der Waals surface area contributed by atoms with Crippen LogP contribution in [0.2, 0.25) is 0 Å². The van der Waals surface area contributed by atoms with Crippen molar-refractivity contribution in [2.45, 2.75) is 6.04 Å². The molecule has 0 aliphatic heterocycles. The summed E-state index contributed by atoms with van der Waals surface area (Å²) in [5.41, 5.74) is 5.71. The molecule has 0 radical (unpaired) electrons. The molecule has 0 fully saturated rings. The fraction of sp³-hybridized carbons (Fsp3) is 0.100. The number of carbonyl (C=O) groups is 1. The van der Waals surface area contributed by atoms with E-state index < -0.39 is 12.1 Å². The summed E-state index contributed by atoms with van der Waals surface area (Å²) in [7, 11) is 0. The summed E-state index contributed by atoms with van der Waals surface area (Å²) in [5, 5.41) is 15.3. The third-order valence-corrected chi connectivity index (χ3v) is 5.77. The molecule has 3 N–H and O–H groups in total. The smallest absolute Gasteiger partial charge is 0.322 e. The number of carbonyl (C=O) groups excluding carboxylic acids is 1. The Morgan fingerprint density at radius 3 is 2.79 bits per heavy atom. The van der Waals surface area contributed by atoms with Crippen molar-refractivity contribution < 1.29 is 9.90 Å². The topological polar surface area (TPSA) is 100 Å². The van der Waals surface area contributed by atoms with E-state index in [1.54, 1.807) is 11.3 Å². The zero-order valence-corrected chi connectivity index (χ0v) is 16.6. The highest BCUT2D eigenvalue weighted by Crippen LogP contribution is 2.31. The predicted octanol–water partition coefficient (Wildman–Crippen LogP) is 3.65. The maximum atomic E-state index is 12.2. The van der Waals surface area contributed by atoms with Crippen molar-refractivity contribution in [2.24, 2.45) is 0 Å². The fourth-order valence-electron chi connectivity index (χ4n) is 2.87. The minimum absolute atomic E-state index is 0.130. The van der Waals surface area contributed by atoms with Crippen molar-refractivity contribution in [2.75, 3.05) is 11.9 Å². The number of benzene rings is 2. The number of amides is 2. The maximum absolute atomic E-state index is 12.2. The summed E-state index contributed by atoms with van der Waals surface area (Å²) in [6.07, 6.45) is 5.24. The number of anilines is 1. The van der Waals surface area contributed by atoms with Crippen LogP contribution in [0, 0.1) is 12.3 Å². The highest BCUT2D eigenvalue weighted by molar-refractivity contribution is 7.17. The summed E-state index contributed by atoms with van der Waals surface area (Å²) in [4.78, 5) is 20.5. The number of aliphatic hydroxyl groups excluding tert-OH is 1. The van der Waals surface area contributed by atoms with Crippen LogP contribution in [0.5, 0.6) is 0 Å². The van der Waals surface area contributed by atoms with Gasteiger partial charge in [0.1, 0.15) is 0 Å². The number of hydrogen-bond acceptors (Lipinski definition) is 7. The average molecular weight is 422 g/mol. The maximum Gasteiger partial charge on any atom is 0.322 e. The second-order valence-corrected chi connectivity index (χ2v) is 7.64. The summed E-state index contributed by atoms with van der Waals surface area (Å²) in [6.45, 7) is -0.253. The number of thiazole rings is 1. The van der Waals surface area contributed by atoms with Crippen LogP contribution in [-0.4, -0.2) is 32.1 Å². The first-order valence-electron chi connectivity index (χ1n) is 8.59. The average Bonchev–Trinajstić information content (AvgIpc) is 3.41. The van der Waals surface area contributed by atoms with Crippen LogP contribution in [0.25, 0.3) is 21.3 Å². The number of terminal acetylenes is 1. The first-order valence-corrected chi connectivity index (χ1v) is 10.2. The Balaban J connectivity index is 1.48. The molecule has 4 aromatic rings. The Hall–Kier alpha value is -3.32. The molecule has 2 heterocycles. The lowest BCUT2D eigenvalue weighted by atomic mass is 10.0. The number of aliphatic hydroxyl groups is 1. The van der Waals surface area contributed by atoms with Crippen molar-refractivity contribution >= 4 is 45.1 Å². The normalized spacial score (nSPS) is 11.7. The van der Waals surface area contributed by atoms with Gasteiger partial charge < -0.3 is 10.4 Å². The zero-order valence-electron chi connectivity index (χ0n) is 15.0. The predicted molar refractivity (Wildman–Crippen MR) is 115 cm³/mol. The molecule has 29 heavy (non-hydrogen) atoms. The second-order valence-electron chi connectivity index (χ2n) is 6.03. The van der Waals surface area contributed by atoms with E-state index in [2.05, 4.69) is 37.0 Å². The van der Waals surface area contributed by atoms with E-state index in [9.17, 15) is 9.90 Å². The molecule has 2 amide bonds. The number of nitrogens with zero attached hydrogens (tertiary/aromatic N) is 3. The molecule has 9 heteroatoms. The van der Waals surface area contributed by atoms with E-state index in [1.165, 1.54) is 0 Å². The van der Waals surface area contributed by atoms with Gasteiger partial charge in [0.2, 0.25) is 5.95 Å². The van der Waals surface area contributed by atoms with Crippen LogP contribution in [0.1, 0.15) is 16.6 Å². The van der Waals surface area contributed by atoms with Gasteiger partial charge in [-0.25, -0.2) is 9.78 Å². The third-order valence-electron chi connectivity index (χ3n) is 4.24. The van der Waals surface area contributed by atoms with E-state index in [0.717, 1.165) is 38.4 Å². The molecule has 1 atom stereocenters. The van der Waals surface area contributed by atoms with Gasteiger partial charge in [-0.2, -0.15) is 9.36 Å². The molecule has 0 saturated carbocycles. The Morgan fingerprint density at radius 1 is 1.24 bits per heavy atom. The highest BCUT2D eigenvalue weighted by Gasteiger charge is 2.16. The third kappa shape index (κ3) is 4.09. The molecule has 7 nitrogen and oxygen atoms in total. The van der Waals surface area contributed by atoms with Crippen molar-refractivity contribution in [3.05, 3.63) is 58.5 Å². The van der Waals surface area contributed by atoms with Crippen LogP contribution in [0.3, 0.4) is 0 Å². The highest BCUT2D eigenvalue weighted by atomic mass is 32.1. The Kier molecular flexibility index (Phi) is 5.48. The quantitative estimate of drug-likeness (QED) is 0.427. The van der Waals surface area contributed by atoms with Gasteiger partial charge in [0, 0.05) is 5.56 Å². The van der Waals surface area contributed by atoms with Gasteiger partial charge in [0.05, 0.1) is 28.4 Å². The molecule has 0 aliphatic carbocycles. The van der Waals surface area contributed by atoms with Gasteiger partial charge in [-0.3, -0.25) is 5.32 Å². The van der Waals surface area contributed by atoms with Crippen molar-refractivity contribution in [1.82, 2.24) is 19.7 Å². The summed E-state index contributed by atoms with van der Waals surface area (Å²) in [5.74, 6) is 2.49. The van der Waals surface area contributed by atoms with Gasteiger partial charge >= 0.3 is 6.03 Å². The van der Waals surface area contributed by atoms with Gasteiger partial charge in [-0.05, 0) is 34.6 Å². The molecular weight excluding hydrogens is 406 g/mol. The van der Waals surface area contributed by atoms with E-state index >= 15 is 0 Å². The lowest BCUT2D eigenvalue weighted by Crippen LogP contribution is -2.34. The molecule has 4 rings (SSSR count). The lowest BCUT2D eigenvalue weighted by Gasteiger charge is -2.17. The van der Waals surface area contributed by atoms with E-state index in [4.69, 9.17) is 6.42 Å². The zero-order chi connectivity index (χ0) is 20.2. The monoisotopic (exact) mass is 421 g/mol. The Bertz CT molecular complexity index is 1190. The number of hydrogen-bond donors (Lipinski definition) is 3. The molecule has 0 saturated heterocycles. The van der Waals surface area contributed by atoms with Gasteiger partial charge in [-0.15, -0.1) is 17.8 Å². The molecule has 144 valence electrons. The molecule has 0 bridgehead atoms. The van der Waals surface area contributed by atoms with Gasteiger partial charge in [0.25, 0.3) is 0 Å². The number of urea groups is 1. The summed E-state index contributed by atoms with van der Waals surface area (Å²) in [6, 6.07) is 12.6. The molecule has 2 aromatic carbocycles. The first-order chi connectivity index (χ1) is 14.2. The summed E-state index contributed by atoms with van der Waals surface area (Å²) >= 11 is 2.62. The molecule has 0 spiro atoms. The van der Waals surface area contributed by atoms with Crippen LogP contribution in [0.15, 0.2) is 48.0 Å². The molecular formula is C20H15N5O2S2. The largest absolute Gasteiger partial charge is 0.394 e. The molecule has 0 aliphatic rings. The van der Waals surface area contributed by atoms with Crippen LogP contribution >= 0.6 is 22.9 Å². The SMILES string of the molecule is C#Cc1nc(NC(=O)N[C@@H](CO)c2ccc(-c3cccc4ncsc34)cc2)ns1. The summed E-state index contributed by atoms with van der Waals surface area (Å²) < 4.78 is 5.07. The number of aromatic nitrogens is 3. The minimum atomic E-state index is -0.575. The van der Waals surface area contributed by atoms with Gasteiger partial charge in [-0.1, -0.05) is 36.4 Å². The molecule has 2 aromatic heterocycles. The number of nitrogens with one attached hydrogen (secondary N) is 2. The fourth-order valence-corrected chi connectivity index (χ4v) is 4.14. The molecule has 0 unspecified atom stereocenters. The van der Waals surface area contributed by atoms with Crippen molar-refractivity contribution in [3.8, 4) is 23.5 Å². The van der Waals surface area contributed by atoms with E-state index in [-0.39, 0.29) is 12.6 Å². The van der Waals surface area contributed by atoms with Crippen LogP contribution < -0.4 is 10.6 Å². The lowest BCUT2D eigenvalue weighted by molar-refractivity contribution is 0.225. The van der Waals surface area contributed by atoms with Gasteiger partial charge in [0.15, 0.2) is 5.01 Å². The number of fused-ring (bicyclic) bond motifs is 1. The Labute approximate surface area is 174 Å². The Morgan fingerprint density at radius 2 is 2.07 bits per heavy atom. The van der Waals surface area contributed by atoms with Crippen molar-refractivity contribution in [1.29, 1.82) is 0 Å². The number of rotatable bonds is 5. The van der Waals surface area contributed by atoms with E-state index in [1.807, 2.05) is 41.9 Å². The standard InChI is InChI=1S/C20H15N5O2S2/c1-2-17-23-19(25-29-17)24-20(27)22-16(10-26)13-8-6-12(7-9-13)14-4-3-5-15-18(14)28-11-21-15/h1,3-9,11,16,26H,10H2,(H2,22,24,25,27)/t16-/m0/s1. The van der Waals surface area contributed by atoms with Crippen LogP contribution in [-0.2, 0) is 0 Å². The second kappa shape index (κ2) is 8.36. The minimum Gasteiger partial charge on any atom is -0.394 e. The van der Waals surface area contributed by atoms with E-state index in [0.29, 0.717) is 5.01 Å². The van der Waals surface area contributed by atoms with Crippen LogP contribution in [0.4, 0.5) is 10.7 Å². The first kappa shape index (κ1) is 19.0.